The number of hydrogen-bond acceptors (Lipinski definition) is 4. The van der Waals surface area contributed by atoms with Crippen molar-refractivity contribution in [2.45, 2.75) is 6.18 Å². The van der Waals surface area contributed by atoms with Gasteiger partial charge in [0.15, 0.2) is 5.82 Å². The first-order valence-corrected chi connectivity index (χ1v) is 5.60. The van der Waals surface area contributed by atoms with Gasteiger partial charge in [-0.3, -0.25) is 5.10 Å². The molecule has 5 nitrogen and oxygen atoms in total. The van der Waals surface area contributed by atoms with Crippen molar-refractivity contribution in [3.8, 4) is 11.5 Å². The number of alkyl halides is 3. The van der Waals surface area contributed by atoms with Crippen LogP contribution in [0.1, 0.15) is 5.69 Å². The minimum absolute atomic E-state index is 0.00484. The van der Waals surface area contributed by atoms with Crippen molar-refractivity contribution < 1.29 is 13.2 Å². The lowest BCUT2D eigenvalue weighted by atomic mass is 10.2. The molecule has 2 heterocycles. The number of nitrogens with one attached hydrogen (secondary N) is 1. The monoisotopic (exact) mass is 279 g/mol. The first-order valence-electron chi connectivity index (χ1n) is 5.60. The molecule has 2 aromatic heterocycles. The summed E-state index contributed by atoms with van der Waals surface area (Å²) in [6, 6.07) is 7.82. The molecule has 0 saturated carbocycles. The molecule has 0 saturated heterocycles. The zero-order chi connectivity index (χ0) is 14.3. The Labute approximate surface area is 110 Å². The first-order chi connectivity index (χ1) is 9.45. The van der Waals surface area contributed by atoms with E-state index >= 15 is 0 Å². The summed E-state index contributed by atoms with van der Waals surface area (Å²) >= 11 is 0. The first kappa shape index (κ1) is 12.4. The van der Waals surface area contributed by atoms with Crippen molar-refractivity contribution >= 4 is 16.7 Å². The Hall–Kier alpha value is -2.64. The number of nitrogen functional groups attached to an aromatic ring is 1. The van der Waals surface area contributed by atoms with E-state index in [1.165, 1.54) is 0 Å². The van der Waals surface area contributed by atoms with Crippen LogP contribution in [0.2, 0.25) is 0 Å². The van der Waals surface area contributed by atoms with Crippen molar-refractivity contribution in [3.63, 3.8) is 0 Å². The molecule has 0 aliphatic carbocycles. The lowest BCUT2D eigenvalue weighted by Gasteiger charge is -2.03. The van der Waals surface area contributed by atoms with Gasteiger partial charge in [0.2, 0.25) is 0 Å². The van der Waals surface area contributed by atoms with Crippen LogP contribution in [0.4, 0.5) is 19.0 Å². The third-order valence-corrected chi connectivity index (χ3v) is 2.75. The maximum atomic E-state index is 12.5. The van der Waals surface area contributed by atoms with Gasteiger partial charge in [0.05, 0.1) is 5.52 Å². The number of hydrogen-bond donors (Lipinski definition) is 2. The van der Waals surface area contributed by atoms with Gasteiger partial charge in [0, 0.05) is 5.39 Å². The molecule has 0 aliphatic rings. The highest BCUT2D eigenvalue weighted by molar-refractivity contribution is 5.89. The summed E-state index contributed by atoms with van der Waals surface area (Å²) in [6.07, 6.45) is -4.49. The van der Waals surface area contributed by atoms with Gasteiger partial charge in [0.25, 0.3) is 0 Å². The zero-order valence-corrected chi connectivity index (χ0v) is 9.94. The van der Waals surface area contributed by atoms with Gasteiger partial charge < -0.3 is 5.73 Å². The molecule has 0 bridgehead atoms. The van der Waals surface area contributed by atoms with E-state index in [9.17, 15) is 13.2 Å². The molecule has 0 spiro atoms. The van der Waals surface area contributed by atoms with Gasteiger partial charge in [-0.2, -0.15) is 18.3 Å². The lowest BCUT2D eigenvalue weighted by Crippen LogP contribution is -2.04. The van der Waals surface area contributed by atoms with Crippen molar-refractivity contribution in [1.82, 2.24) is 20.2 Å². The SMILES string of the molecule is Nc1nc(-c2cc(C(F)(F)F)[nH]n2)nc2ccccc12. The van der Waals surface area contributed by atoms with Crippen LogP contribution in [-0.2, 0) is 6.18 Å². The third-order valence-electron chi connectivity index (χ3n) is 2.75. The Bertz CT molecular complexity index is 778. The molecule has 3 aromatic rings. The second-order valence-electron chi connectivity index (χ2n) is 4.11. The second-order valence-corrected chi connectivity index (χ2v) is 4.11. The van der Waals surface area contributed by atoms with Gasteiger partial charge in [-0.1, -0.05) is 12.1 Å². The Balaban J connectivity index is 2.13. The average molecular weight is 279 g/mol. The van der Waals surface area contributed by atoms with Gasteiger partial charge in [-0.15, -0.1) is 0 Å². The zero-order valence-electron chi connectivity index (χ0n) is 9.94. The van der Waals surface area contributed by atoms with Gasteiger partial charge in [-0.25, -0.2) is 9.97 Å². The number of fused-ring (bicyclic) bond motifs is 1. The fourth-order valence-electron chi connectivity index (χ4n) is 1.80. The predicted octanol–water partition coefficient (Wildman–Crippen LogP) is 2.62. The summed E-state index contributed by atoms with van der Waals surface area (Å²) in [5, 5.41) is 6.13. The largest absolute Gasteiger partial charge is 0.432 e. The quantitative estimate of drug-likeness (QED) is 0.717. The highest BCUT2D eigenvalue weighted by atomic mass is 19.4. The molecular formula is C12H8F3N5. The second kappa shape index (κ2) is 4.19. The number of nitrogens with two attached hydrogens (primary N) is 1. The van der Waals surface area contributed by atoms with Gasteiger partial charge >= 0.3 is 6.18 Å². The Kier molecular flexibility index (Phi) is 2.60. The number of rotatable bonds is 1. The van der Waals surface area contributed by atoms with E-state index < -0.39 is 11.9 Å². The molecule has 3 N–H and O–H groups in total. The number of nitrogens with zero attached hydrogens (tertiary/aromatic N) is 3. The number of para-hydroxylation sites is 1. The molecule has 0 fully saturated rings. The minimum Gasteiger partial charge on any atom is -0.383 e. The van der Waals surface area contributed by atoms with E-state index in [0.717, 1.165) is 6.07 Å². The fourth-order valence-corrected chi connectivity index (χ4v) is 1.80. The summed E-state index contributed by atoms with van der Waals surface area (Å²) in [6.45, 7) is 0. The summed E-state index contributed by atoms with van der Waals surface area (Å²) in [5.41, 5.74) is 5.36. The molecule has 102 valence electrons. The number of aromatic nitrogens is 4. The molecule has 0 aliphatic heterocycles. The van der Waals surface area contributed by atoms with E-state index in [1.807, 2.05) is 5.10 Å². The van der Waals surface area contributed by atoms with Gasteiger partial charge in [-0.05, 0) is 18.2 Å². The third kappa shape index (κ3) is 2.04. The summed E-state index contributed by atoms with van der Waals surface area (Å²) in [4.78, 5) is 8.14. The number of aromatic amines is 1. The highest BCUT2D eigenvalue weighted by Gasteiger charge is 2.33. The van der Waals surface area contributed by atoms with Crippen LogP contribution in [0.25, 0.3) is 22.4 Å². The van der Waals surface area contributed by atoms with Crippen LogP contribution in [0, 0.1) is 0 Å². The molecular weight excluding hydrogens is 271 g/mol. The highest BCUT2D eigenvalue weighted by Crippen LogP contribution is 2.30. The number of H-pyrrole nitrogens is 1. The fraction of sp³-hybridized carbons (Fsp3) is 0.0833. The minimum atomic E-state index is -4.49. The molecule has 0 atom stereocenters. The van der Waals surface area contributed by atoms with E-state index in [4.69, 9.17) is 5.73 Å². The normalized spacial score (nSPS) is 11.9. The van der Waals surface area contributed by atoms with Crippen LogP contribution in [0.5, 0.6) is 0 Å². The molecule has 8 heteroatoms. The summed E-state index contributed by atoms with van der Waals surface area (Å²) < 4.78 is 37.5. The van der Waals surface area contributed by atoms with E-state index in [1.54, 1.807) is 24.3 Å². The number of halogens is 3. The molecule has 0 radical (unpaired) electrons. The molecule has 3 rings (SSSR count). The summed E-state index contributed by atoms with van der Waals surface area (Å²) in [7, 11) is 0. The van der Waals surface area contributed by atoms with Crippen LogP contribution >= 0.6 is 0 Å². The van der Waals surface area contributed by atoms with Crippen molar-refractivity contribution in [3.05, 3.63) is 36.0 Å². The van der Waals surface area contributed by atoms with Crippen LogP contribution < -0.4 is 5.73 Å². The molecule has 1 aromatic carbocycles. The Morgan fingerprint density at radius 2 is 1.85 bits per heavy atom. The van der Waals surface area contributed by atoms with Crippen LogP contribution in [-0.4, -0.2) is 20.2 Å². The van der Waals surface area contributed by atoms with Crippen molar-refractivity contribution in [1.29, 1.82) is 0 Å². The molecule has 0 amide bonds. The summed E-state index contributed by atoms with van der Waals surface area (Å²) in [5.74, 6) is 0.245. The maximum absolute atomic E-state index is 12.5. The van der Waals surface area contributed by atoms with Crippen molar-refractivity contribution in [2.75, 3.05) is 5.73 Å². The van der Waals surface area contributed by atoms with Crippen LogP contribution in [0.15, 0.2) is 30.3 Å². The van der Waals surface area contributed by atoms with Crippen LogP contribution in [0.3, 0.4) is 0 Å². The lowest BCUT2D eigenvalue weighted by molar-refractivity contribution is -0.141. The van der Waals surface area contributed by atoms with Crippen molar-refractivity contribution in [2.24, 2.45) is 0 Å². The predicted molar refractivity (Wildman–Crippen MR) is 66.5 cm³/mol. The molecule has 20 heavy (non-hydrogen) atoms. The Morgan fingerprint density at radius 1 is 1.10 bits per heavy atom. The smallest absolute Gasteiger partial charge is 0.383 e. The van der Waals surface area contributed by atoms with E-state index in [0.29, 0.717) is 10.9 Å². The van der Waals surface area contributed by atoms with Gasteiger partial charge in [0.1, 0.15) is 17.2 Å². The maximum Gasteiger partial charge on any atom is 0.432 e. The van der Waals surface area contributed by atoms with E-state index in [2.05, 4.69) is 15.1 Å². The Morgan fingerprint density at radius 3 is 2.55 bits per heavy atom. The standard InChI is InChI=1S/C12H8F3N5/c13-12(14,15)9-5-8(19-20-9)11-17-7-4-2-1-3-6(7)10(16)18-11/h1-5H,(H,19,20)(H2,16,17,18). The number of anilines is 1. The van der Waals surface area contributed by atoms with E-state index in [-0.39, 0.29) is 17.3 Å². The number of benzene rings is 1. The average Bonchev–Trinajstić information content (AvgIpc) is 2.88. The topological polar surface area (TPSA) is 80.5 Å². The molecule has 0 unspecified atom stereocenters.